The lowest BCUT2D eigenvalue weighted by molar-refractivity contribution is -0.123. The Morgan fingerprint density at radius 1 is 1.19 bits per heavy atom. The number of hydrogen-bond donors (Lipinski definition) is 1. The van der Waals surface area contributed by atoms with Crippen LogP contribution in [0.5, 0.6) is 17.2 Å². The van der Waals surface area contributed by atoms with Crippen molar-refractivity contribution in [3.8, 4) is 17.2 Å². The number of imide groups is 1. The van der Waals surface area contributed by atoms with Crippen LogP contribution in [0.1, 0.15) is 11.1 Å². The van der Waals surface area contributed by atoms with Crippen molar-refractivity contribution in [2.75, 3.05) is 6.79 Å². The molecule has 2 heterocycles. The highest BCUT2D eigenvalue weighted by Crippen LogP contribution is 2.39. The average molecular weight is 390 g/mol. The Kier molecular flexibility index (Phi) is 4.26. The molecule has 2 amide bonds. The highest BCUT2D eigenvalue weighted by atomic mass is 35.5. The normalized spacial score (nSPS) is 17.4. The van der Waals surface area contributed by atoms with Gasteiger partial charge in [0.1, 0.15) is 5.75 Å². The maximum Gasteiger partial charge on any atom is 0.293 e. The fourth-order valence-electron chi connectivity index (χ4n) is 2.65. The number of amides is 2. The third kappa shape index (κ3) is 3.11. The minimum atomic E-state index is -0.405. The summed E-state index contributed by atoms with van der Waals surface area (Å²) in [6.45, 7) is 0.154. The fraction of sp³-hybridized carbons (Fsp3) is 0.111. The summed E-state index contributed by atoms with van der Waals surface area (Å²) < 4.78 is 10.6. The van der Waals surface area contributed by atoms with Crippen molar-refractivity contribution in [1.29, 1.82) is 0 Å². The van der Waals surface area contributed by atoms with E-state index >= 15 is 0 Å². The Morgan fingerprint density at radius 3 is 2.73 bits per heavy atom. The summed E-state index contributed by atoms with van der Waals surface area (Å²) in [6, 6.07) is 9.74. The third-order valence-electron chi connectivity index (χ3n) is 3.91. The van der Waals surface area contributed by atoms with E-state index in [2.05, 4.69) is 0 Å². The van der Waals surface area contributed by atoms with Crippen LogP contribution < -0.4 is 9.47 Å². The minimum Gasteiger partial charge on any atom is -0.508 e. The highest BCUT2D eigenvalue weighted by molar-refractivity contribution is 8.18. The predicted molar refractivity (Wildman–Crippen MR) is 97.2 cm³/mol. The number of carbonyl (C=O) groups excluding carboxylic acids is 2. The SMILES string of the molecule is O=C1S/C(=C\c2cccc(O)c2)C(=O)N1Cc1cc2c(cc1Cl)OCO2. The lowest BCUT2D eigenvalue weighted by Gasteiger charge is -2.14. The van der Waals surface area contributed by atoms with Crippen LogP contribution in [0.3, 0.4) is 0 Å². The second-order valence-corrected chi connectivity index (χ2v) is 7.06. The van der Waals surface area contributed by atoms with Crippen molar-refractivity contribution in [2.24, 2.45) is 0 Å². The summed E-state index contributed by atoms with van der Waals surface area (Å²) in [5, 5.41) is 9.54. The van der Waals surface area contributed by atoms with Crippen LogP contribution in [-0.2, 0) is 11.3 Å². The molecule has 26 heavy (non-hydrogen) atoms. The van der Waals surface area contributed by atoms with Crippen molar-refractivity contribution in [3.63, 3.8) is 0 Å². The second kappa shape index (κ2) is 6.59. The van der Waals surface area contributed by atoms with E-state index in [9.17, 15) is 14.7 Å². The highest BCUT2D eigenvalue weighted by Gasteiger charge is 2.35. The molecule has 2 aliphatic heterocycles. The largest absolute Gasteiger partial charge is 0.508 e. The molecule has 0 unspecified atom stereocenters. The van der Waals surface area contributed by atoms with E-state index in [4.69, 9.17) is 21.1 Å². The number of halogens is 1. The van der Waals surface area contributed by atoms with Crippen LogP contribution in [0.4, 0.5) is 4.79 Å². The molecule has 0 saturated carbocycles. The van der Waals surface area contributed by atoms with Crippen molar-refractivity contribution >= 4 is 40.6 Å². The first-order valence-corrected chi connectivity index (χ1v) is 8.83. The number of benzene rings is 2. The number of phenols is 1. The Hall–Kier alpha value is -2.64. The van der Waals surface area contributed by atoms with Crippen LogP contribution in [0.15, 0.2) is 41.3 Å². The van der Waals surface area contributed by atoms with Gasteiger partial charge in [-0.15, -0.1) is 0 Å². The Bertz CT molecular complexity index is 959. The lowest BCUT2D eigenvalue weighted by Crippen LogP contribution is -2.27. The number of thioether (sulfide) groups is 1. The standard InChI is InChI=1S/C18H12ClNO5S/c19-13-7-15-14(24-9-25-15)6-11(13)8-20-17(22)16(26-18(20)23)5-10-2-1-3-12(21)4-10/h1-7,21H,8-9H2/b16-5-. The molecule has 1 saturated heterocycles. The van der Waals surface area contributed by atoms with Crippen molar-refractivity contribution in [3.05, 3.63) is 57.5 Å². The maximum absolute atomic E-state index is 12.6. The number of carbonyl (C=O) groups is 2. The summed E-state index contributed by atoms with van der Waals surface area (Å²) in [5.74, 6) is 0.755. The zero-order valence-corrected chi connectivity index (χ0v) is 14.8. The molecule has 0 spiro atoms. The molecule has 0 aromatic heterocycles. The molecule has 0 radical (unpaired) electrons. The van der Waals surface area contributed by atoms with Gasteiger partial charge in [-0.3, -0.25) is 14.5 Å². The molecule has 4 rings (SSSR count). The first kappa shape index (κ1) is 16.8. The molecular weight excluding hydrogens is 378 g/mol. The zero-order chi connectivity index (χ0) is 18.3. The molecule has 6 nitrogen and oxygen atoms in total. The number of hydrogen-bond acceptors (Lipinski definition) is 6. The number of aromatic hydroxyl groups is 1. The lowest BCUT2D eigenvalue weighted by atomic mass is 10.1. The van der Waals surface area contributed by atoms with Gasteiger partial charge in [0, 0.05) is 11.1 Å². The van der Waals surface area contributed by atoms with Gasteiger partial charge in [-0.05, 0) is 47.2 Å². The van der Waals surface area contributed by atoms with Crippen LogP contribution in [0, 0.1) is 0 Å². The first-order valence-electron chi connectivity index (χ1n) is 7.64. The number of nitrogens with zero attached hydrogens (tertiary/aromatic N) is 1. The van der Waals surface area contributed by atoms with Crippen molar-refractivity contribution < 1.29 is 24.2 Å². The van der Waals surface area contributed by atoms with E-state index in [1.165, 1.54) is 12.1 Å². The van der Waals surface area contributed by atoms with Crippen molar-refractivity contribution in [1.82, 2.24) is 4.90 Å². The van der Waals surface area contributed by atoms with Gasteiger partial charge in [-0.25, -0.2) is 0 Å². The molecule has 2 aromatic rings. The smallest absolute Gasteiger partial charge is 0.293 e. The van der Waals surface area contributed by atoms with Gasteiger partial charge in [-0.2, -0.15) is 0 Å². The summed E-state index contributed by atoms with van der Waals surface area (Å²) in [5.41, 5.74) is 1.23. The summed E-state index contributed by atoms with van der Waals surface area (Å²) in [4.78, 5) is 26.3. The molecular formula is C18H12ClNO5S. The molecule has 1 fully saturated rings. The van der Waals surface area contributed by atoms with E-state index in [0.29, 0.717) is 27.6 Å². The van der Waals surface area contributed by atoms with E-state index in [1.807, 2.05) is 0 Å². The van der Waals surface area contributed by atoms with Crippen molar-refractivity contribution in [2.45, 2.75) is 6.54 Å². The Morgan fingerprint density at radius 2 is 1.96 bits per heavy atom. The number of rotatable bonds is 3. The number of ether oxygens (including phenoxy) is 2. The van der Waals surface area contributed by atoms with Gasteiger partial charge in [-0.1, -0.05) is 23.7 Å². The van der Waals surface area contributed by atoms with E-state index in [0.717, 1.165) is 16.7 Å². The quantitative estimate of drug-likeness (QED) is 0.799. The fourth-order valence-corrected chi connectivity index (χ4v) is 3.70. The second-order valence-electron chi connectivity index (χ2n) is 5.66. The van der Waals surface area contributed by atoms with Gasteiger partial charge >= 0.3 is 0 Å². The molecule has 132 valence electrons. The summed E-state index contributed by atoms with van der Waals surface area (Å²) >= 11 is 7.08. The molecule has 0 atom stereocenters. The van der Waals surface area contributed by atoms with Gasteiger partial charge in [0.15, 0.2) is 11.5 Å². The predicted octanol–water partition coefficient (Wildman–Crippen LogP) is 4.01. The molecule has 2 aliphatic rings. The number of fused-ring (bicyclic) bond motifs is 1. The number of phenolic OH excluding ortho intramolecular Hbond substituents is 1. The minimum absolute atomic E-state index is 0.0392. The molecule has 1 N–H and O–H groups in total. The van der Waals surface area contributed by atoms with E-state index in [-0.39, 0.29) is 29.2 Å². The van der Waals surface area contributed by atoms with E-state index < -0.39 is 5.91 Å². The zero-order valence-electron chi connectivity index (χ0n) is 13.3. The monoisotopic (exact) mass is 389 g/mol. The molecule has 0 bridgehead atoms. The third-order valence-corrected chi connectivity index (χ3v) is 5.17. The maximum atomic E-state index is 12.6. The van der Waals surface area contributed by atoms with E-state index in [1.54, 1.807) is 30.3 Å². The summed E-state index contributed by atoms with van der Waals surface area (Å²) in [7, 11) is 0. The first-order chi connectivity index (χ1) is 12.5. The van der Waals surface area contributed by atoms with Crippen LogP contribution in [0.25, 0.3) is 6.08 Å². The van der Waals surface area contributed by atoms with Gasteiger partial charge in [0.25, 0.3) is 11.1 Å². The van der Waals surface area contributed by atoms with Gasteiger partial charge in [0.2, 0.25) is 6.79 Å². The topological polar surface area (TPSA) is 76.1 Å². The van der Waals surface area contributed by atoms with Crippen LogP contribution in [0.2, 0.25) is 5.02 Å². The Labute approximate surface area is 158 Å². The molecule has 2 aromatic carbocycles. The Balaban J connectivity index is 1.59. The molecule has 0 aliphatic carbocycles. The summed E-state index contributed by atoms with van der Waals surface area (Å²) in [6.07, 6.45) is 1.58. The van der Waals surface area contributed by atoms with Gasteiger partial charge in [0.05, 0.1) is 11.4 Å². The average Bonchev–Trinajstić information content (AvgIpc) is 3.14. The van der Waals surface area contributed by atoms with Gasteiger partial charge < -0.3 is 14.6 Å². The van der Waals surface area contributed by atoms with Crippen LogP contribution in [-0.4, -0.2) is 27.9 Å². The molecule has 8 heteroatoms. The van der Waals surface area contributed by atoms with Crippen LogP contribution >= 0.6 is 23.4 Å².